The van der Waals surface area contributed by atoms with Crippen LogP contribution in [0.15, 0.2) is 18.7 Å². The zero-order chi connectivity index (χ0) is 12.5. The molecule has 0 aliphatic rings. The van der Waals surface area contributed by atoms with Gasteiger partial charge in [0.2, 0.25) is 0 Å². The van der Waals surface area contributed by atoms with Crippen molar-refractivity contribution in [2.75, 3.05) is 19.8 Å². The number of nitrogens with zero attached hydrogens (tertiary/aromatic N) is 2. The smallest absolute Gasteiger partial charge is 0.0946 e. The van der Waals surface area contributed by atoms with Gasteiger partial charge in [-0.25, -0.2) is 4.98 Å². The number of nitrogens with one attached hydrogen (secondary N) is 1. The first-order valence-corrected chi connectivity index (χ1v) is 6.45. The summed E-state index contributed by atoms with van der Waals surface area (Å²) in [5.41, 5.74) is 0. The van der Waals surface area contributed by atoms with Crippen LogP contribution in [0.4, 0.5) is 0 Å². The van der Waals surface area contributed by atoms with Crippen LogP contribution in [0.5, 0.6) is 0 Å². The van der Waals surface area contributed by atoms with E-state index < -0.39 is 0 Å². The minimum Gasteiger partial charge on any atom is -0.380 e. The molecule has 1 unspecified atom stereocenters. The Morgan fingerprint density at radius 2 is 2.12 bits per heavy atom. The molecule has 1 atom stereocenters. The molecule has 1 rings (SSSR count). The zero-order valence-electron chi connectivity index (χ0n) is 11.2. The summed E-state index contributed by atoms with van der Waals surface area (Å²) in [5, 5.41) is 3.44. The van der Waals surface area contributed by atoms with E-state index in [1.165, 1.54) is 0 Å². The van der Waals surface area contributed by atoms with Gasteiger partial charge in [-0.05, 0) is 19.3 Å². The predicted molar refractivity (Wildman–Crippen MR) is 70.0 cm³/mol. The standard InChI is InChI=1S/C13H25N3O/c1-12(2)4-8-17-9-6-15-13(3)10-16-7-5-14-11-16/h5,7,11-13,15H,4,6,8-10H2,1-3H3. The van der Waals surface area contributed by atoms with E-state index in [-0.39, 0.29) is 0 Å². The summed E-state index contributed by atoms with van der Waals surface area (Å²) in [4.78, 5) is 4.02. The number of hydrogen-bond acceptors (Lipinski definition) is 3. The monoisotopic (exact) mass is 239 g/mol. The molecule has 0 saturated carbocycles. The summed E-state index contributed by atoms with van der Waals surface area (Å²) in [6.45, 7) is 10.1. The summed E-state index contributed by atoms with van der Waals surface area (Å²) in [6, 6.07) is 0.442. The summed E-state index contributed by atoms with van der Waals surface area (Å²) in [7, 11) is 0. The van der Waals surface area contributed by atoms with E-state index in [9.17, 15) is 0 Å². The molecule has 0 bridgehead atoms. The van der Waals surface area contributed by atoms with Gasteiger partial charge in [0.15, 0.2) is 0 Å². The lowest BCUT2D eigenvalue weighted by Crippen LogP contribution is -2.32. The van der Waals surface area contributed by atoms with Crippen LogP contribution in [-0.2, 0) is 11.3 Å². The molecular weight excluding hydrogens is 214 g/mol. The van der Waals surface area contributed by atoms with E-state index in [1.807, 2.05) is 18.7 Å². The largest absolute Gasteiger partial charge is 0.380 e. The predicted octanol–water partition coefficient (Wildman–Crippen LogP) is 1.92. The lowest BCUT2D eigenvalue weighted by molar-refractivity contribution is 0.123. The van der Waals surface area contributed by atoms with Gasteiger partial charge < -0.3 is 14.6 Å². The summed E-state index contributed by atoms with van der Waals surface area (Å²) in [6.07, 6.45) is 6.78. The van der Waals surface area contributed by atoms with E-state index in [1.54, 1.807) is 0 Å². The van der Waals surface area contributed by atoms with Gasteiger partial charge in [0, 0.05) is 38.1 Å². The number of aromatic nitrogens is 2. The first-order valence-electron chi connectivity index (χ1n) is 6.45. The summed E-state index contributed by atoms with van der Waals surface area (Å²) in [5.74, 6) is 0.725. The highest BCUT2D eigenvalue weighted by molar-refractivity contribution is 4.76. The van der Waals surface area contributed by atoms with Crippen LogP contribution in [0.3, 0.4) is 0 Å². The fraction of sp³-hybridized carbons (Fsp3) is 0.769. The maximum absolute atomic E-state index is 5.55. The second-order valence-corrected chi connectivity index (χ2v) is 4.91. The minimum absolute atomic E-state index is 0.442. The molecule has 17 heavy (non-hydrogen) atoms. The van der Waals surface area contributed by atoms with E-state index in [4.69, 9.17) is 4.74 Å². The van der Waals surface area contributed by atoms with E-state index >= 15 is 0 Å². The molecule has 0 aliphatic carbocycles. The van der Waals surface area contributed by atoms with Crippen molar-refractivity contribution >= 4 is 0 Å². The molecule has 0 spiro atoms. The van der Waals surface area contributed by atoms with Gasteiger partial charge in [0.1, 0.15) is 0 Å². The fourth-order valence-electron chi connectivity index (χ4n) is 1.57. The van der Waals surface area contributed by atoms with Gasteiger partial charge in [0.05, 0.1) is 12.9 Å². The molecule has 98 valence electrons. The van der Waals surface area contributed by atoms with Crippen molar-refractivity contribution in [1.29, 1.82) is 0 Å². The lowest BCUT2D eigenvalue weighted by atomic mass is 10.1. The van der Waals surface area contributed by atoms with Gasteiger partial charge in [-0.1, -0.05) is 13.8 Å². The van der Waals surface area contributed by atoms with Gasteiger partial charge >= 0.3 is 0 Å². The summed E-state index contributed by atoms with van der Waals surface area (Å²) >= 11 is 0. The molecule has 4 nitrogen and oxygen atoms in total. The molecule has 0 fully saturated rings. The maximum Gasteiger partial charge on any atom is 0.0946 e. The molecule has 1 N–H and O–H groups in total. The molecule has 0 amide bonds. The second kappa shape index (κ2) is 8.25. The van der Waals surface area contributed by atoms with Crippen molar-refractivity contribution in [2.45, 2.75) is 39.8 Å². The Bertz CT molecular complexity index is 272. The highest BCUT2D eigenvalue weighted by atomic mass is 16.5. The Kier molecular flexibility index (Phi) is 6.89. The molecular formula is C13H25N3O. The quantitative estimate of drug-likeness (QED) is 0.669. The molecule has 0 aliphatic heterocycles. The van der Waals surface area contributed by atoms with Crippen LogP contribution < -0.4 is 5.32 Å². The van der Waals surface area contributed by atoms with Crippen molar-refractivity contribution in [1.82, 2.24) is 14.9 Å². The number of hydrogen-bond donors (Lipinski definition) is 1. The SMILES string of the molecule is CC(C)CCOCCNC(C)Cn1ccnc1. The van der Waals surface area contributed by atoms with Gasteiger partial charge in [0.25, 0.3) is 0 Å². The Balaban J connectivity index is 1.95. The first-order chi connectivity index (χ1) is 8.18. The van der Waals surface area contributed by atoms with Crippen LogP contribution in [-0.4, -0.2) is 35.4 Å². The van der Waals surface area contributed by atoms with Crippen molar-refractivity contribution in [3.63, 3.8) is 0 Å². The molecule has 0 radical (unpaired) electrons. The normalized spacial score (nSPS) is 13.2. The number of imidazole rings is 1. The molecule has 1 aromatic rings. The lowest BCUT2D eigenvalue weighted by Gasteiger charge is -2.14. The average molecular weight is 239 g/mol. The van der Waals surface area contributed by atoms with Gasteiger partial charge in [-0.3, -0.25) is 0 Å². The van der Waals surface area contributed by atoms with Crippen molar-refractivity contribution < 1.29 is 4.74 Å². The third kappa shape index (κ3) is 7.13. The molecule has 0 saturated heterocycles. The molecule has 0 aromatic carbocycles. The first kappa shape index (κ1) is 14.2. The Morgan fingerprint density at radius 1 is 1.29 bits per heavy atom. The van der Waals surface area contributed by atoms with Crippen LogP contribution >= 0.6 is 0 Å². The van der Waals surface area contributed by atoms with Gasteiger partial charge in [-0.15, -0.1) is 0 Å². The Labute approximate surface area is 104 Å². The van der Waals surface area contributed by atoms with Crippen LogP contribution in [0.2, 0.25) is 0 Å². The molecule has 1 aromatic heterocycles. The van der Waals surface area contributed by atoms with Crippen molar-refractivity contribution in [3.05, 3.63) is 18.7 Å². The fourth-order valence-corrected chi connectivity index (χ4v) is 1.57. The van der Waals surface area contributed by atoms with Crippen LogP contribution in [0.25, 0.3) is 0 Å². The van der Waals surface area contributed by atoms with E-state index in [0.29, 0.717) is 6.04 Å². The van der Waals surface area contributed by atoms with Crippen molar-refractivity contribution in [3.8, 4) is 0 Å². The zero-order valence-corrected chi connectivity index (χ0v) is 11.2. The summed E-state index contributed by atoms with van der Waals surface area (Å²) < 4.78 is 7.63. The van der Waals surface area contributed by atoms with Crippen molar-refractivity contribution in [2.24, 2.45) is 5.92 Å². The highest BCUT2D eigenvalue weighted by Crippen LogP contribution is 1.98. The Hall–Kier alpha value is -0.870. The van der Waals surface area contributed by atoms with E-state index in [0.717, 1.165) is 38.6 Å². The second-order valence-electron chi connectivity index (χ2n) is 4.91. The van der Waals surface area contributed by atoms with Gasteiger partial charge in [-0.2, -0.15) is 0 Å². The van der Waals surface area contributed by atoms with E-state index in [2.05, 4.69) is 35.6 Å². The molecule has 4 heteroatoms. The number of rotatable bonds is 9. The third-order valence-corrected chi connectivity index (χ3v) is 2.62. The topological polar surface area (TPSA) is 39.1 Å². The average Bonchev–Trinajstić information content (AvgIpc) is 2.75. The molecule has 1 heterocycles. The third-order valence-electron chi connectivity index (χ3n) is 2.62. The highest BCUT2D eigenvalue weighted by Gasteiger charge is 2.01. The van der Waals surface area contributed by atoms with Crippen LogP contribution in [0, 0.1) is 5.92 Å². The number of ether oxygens (including phenoxy) is 1. The van der Waals surface area contributed by atoms with Crippen LogP contribution in [0.1, 0.15) is 27.2 Å². The Morgan fingerprint density at radius 3 is 2.76 bits per heavy atom. The minimum atomic E-state index is 0.442. The maximum atomic E-state index is 5.55.